The molecule has 0 aliphatic carbocycles. The zero-order chi connectivity index (χ0) is 21.5. The number of azo groups is 1. The molecule has 2 heterocycles. The van der Waals surface area contributed by atoms with Crippen molar-refractivity contribution in [1.29, 1.82) is 0 Å². The number of nitrogens with zero attached hydrogens (tertiary/aromatic N) is 3. The van der Waals surface area contributed by atoms with Crippen LogP contribution in [0.1, 0.15) is 11.1 Å². The van der Waals surface area contributed by atoms with Crippen molar-refractivity contribution in [2.75, 3.05) is 11.9 Å². The van der Waals surface area contributed by atoms with Gasteiger partial charge in [0.2, 0.25) is 5.72 Å². The highest BCUT2D eigenvalue weighted by Gasteiger charge is 2.44. The van der Waals surface area contributed by atoms with E-state index in [2.05, 4.69) is 82.9 Å². The molecule has 0 bridgehead atoms. The van der Waals surface area contributed by atoms with Crippen LogP contribution in [0.5, 0.6) is 5.75 Å². The third kappa shape index (κ3) is 2.84. The molecular formula is C28H21N3O. The van der Waals surface area contributed by atoms with Gasteiger partial charge >= 0.3 is 0 Å². The van der Waals surface area contributed by atoms with E-state index in [1.807, 2.05) is 48.5 Å². The number of hydrogen-bond donors (Lipinski definition) is 0. The molecule has 0 saturated heterocycles. The van der Waals surface area contributed by atoms with Gasteiger partial charge in [-0.1, -0.05) is 60.7 Å². The molecule has 2 aliphatic heterocycles. The Kier molecular flexibility index (Phi) is 4.18. The molecule has 32 heavy (non-hydrogen) atoms. The first-order valence-corrected chi connectivity index (χ1v) is 10.7. The summed E-state index contributed by atoms with van der Waals surface area (Å²) in [6, 6.07) is 32.6. The molecule has 4 aromatic carbocycles. The van der Waals surface area contributed by atoms with Crippen molar-refractivity contribution in [1.82, 2.24) is 0 Å². The number of fused-ring (bicyclic) bond motifs is 5. The Morgan fingerprint density at radius 2 is 1.44 bits per heavy atom. The Bertz CT molecular complexity index is 1380. The average molecular weight is 415 g/mol. The summed E-state index contributed by atoms with van der Waals surface area (Å²) in [6.45, 7) is 0. The topological polar surface area (TPSA) is 37.2 Å². The van der Waals surface area contributed by atoms with Gasteiger partial charge in [-0.3, -0.25) is 0 Å². The standard InChI is InChI=1S/C28H21N3O/c1-31-26-14-8-6-12-24(26)23-11-5-7-13-25(23)28(31)18-17-20-19-22(15-16-27(20)32-28)30-29-21-9-3-2-4-10-21/h2-19H,1H3. The zero-order valence-corrected chi connectivity index (χ0v) is 17.6. The first-order chi connectivity index (χ1) is 15.7. The molecule has 4 aromatic rings. The predicted octanol–water partition coefficient (Wildman–Crippen LogP) is 7.48. The molecule has 0 saturated carbocycles. The number of para-hydroxylation sites is 1. The molecule has 0 N–H and O–H groups in total. The maximum absolute atomic E-state index is 6.74. The quantitative estimate of drug-likeness (QED) is 0.318. The average Bonchev–Trinajstić information content (AvgIpc) is 2.87. The third-order valence-electron chi connectivity index (χ3n) is 6.15. The third-order valence-corrected chi connectivity index (χ3v) is 6.15. The highest BCUT2D eigenvalue weighted by molar-refractivity contribution is 5.87. The summed E-state index contributed by atoms with van der Waals surface area (Å²) in [4.78, 5) is 2.22. The normalized spacial score (nSPS) is 18.2. The molecule has 6 rings (SSSR count). The summed E-state index contributed by atoms with van der Waals surface area (Å²) in [7, 11) is 2.09. The van der Waals surface area contributed by atoms with Crippen molar-refractivity contribution in [2.24, 2.45) is 10.2 Å². The van der Waals surface area contributed by atoms with Gasteiger partial charge in [0.25, 0.3) is 0 Å². The van der Waals surface area contributed by atoms with Crippen LogP contribution in [-0.2, 0) is 5.72 Å². The van der Waals surface area contributed by atoms with Crippen molar-refractivity contribution in [3.05, 3.63) is 114 Å². The number of rotatable bonds is 2. The van der Waals surface area contributed by atoms with Gasteiger partial charge in [-0.15, -0.1) is 0 Å². The second-order valence-electron chi connectivity index (χ2n) is 8.01. The molecule has 1 unspecified atom stereocenters. The first kappa shape index (κ1) is 18.6. The lowest BCUT2D eigenvalue weighted by Crippen LogP contribution is -2.50. The van der Waals surface area contributed by atoms with Crippen LogP contribution in [0.3, 0.4) is 0 Å². The van der Waals surface area contributed by atoms with E-state index < -0.39 is 5.72 Å². The van der Waals surface area contributed by atoms with Crippen LogP contribution in [0.2, 0.25) is 0 Å². The van der Waals surface area contributed by atoms with Crippen LogP contribution in [0, 0.1) is 0 Å². The summed E-state index contributed by atoms with van der Waals surface area (Å²) in [5.74, 6) is 0.826. The van der Waals surface area contributed by atoms with Crippen molar-refractivity contribution < 1.29 is 4.74 Å². The van der Waals surface area contributed by atoms with E-state index in [1.54, 1.807) is 0 Å². The Labute approximate surface area is 187 Å². The zero-order valence-electron chi connectivity index (χ0n) is 17.6. The van der Waals surface area contributed by atoms with E-state index in [4.69, 9.17) is 4.74 Å². The lowest BCUT2D eigenvalue weighted by atomic mass is 9.84. The molecule has 2 aliphatic rings. The largest absolute Gasteiger partial charge is 0.459 e. The van der Waals surface area contributed by atoms with Crippen LogP contribution in [0.4, 0.5) is 17.1 Å². The van der Waals surface area contributed by atoms with Gasteiger partial charge in [-0.25, -0.2) is 0 Å². The Morgan fingerprint density at radius 3 is 2.31 bits per heavy atom. The van der Waals surface area contributed by atoms with Gasteiger partial charge in [0.05, 0.1) is 11.4 Å². The Morgan fingerprint density at radius 1 is 0.719 bits per heavy atom. The highest BCUT2D eigenvalue weighted by atomic mass is 16.5. The number of hydrogen-bond acceptors (Lipinski definition) is 4. The van der Waals surface area contributed by atoms with Crippen molar-refractivity contribution in [2.45, 2.75) is 5.72 Å². The molecule has 1 atom stereocenters. The van der Waals surface area contributed by atoms with E-state index in [1.165, 1.54) is 11.1 Å². The molecule has 0 amide bonds. The lowest BCUT2D eigenvalue weighted by molar-refractivity contribution is 0.116. The Hall–Kier alpha value is -4.18. The molecule has 0 radical (unpaired) electrons. The maximum atomic E-state index is 6.74. The van der Waals surface area contributed by atoms with Crippen LogP contribution >= 0.6 is 0 Å². The molecule has 154 valence electrons. The van der Waals surface area contributed by atoms with Crippen LogP contribution in [0.25, 0.3) is 17.2 Å². The molecular weight excluding hydrogens is 394 g/mol. The van der Waals surface area contributed by atoms with E-state index in [0.717, 1.165) is 33.9 Å². The van der Waals surface area contributed by atoms with Crippen LogP contribution < -0.4 is 9.64 Å². The van der Waals surface area contributed by atoms with E-state index in [0.29, 0.717) is 0 Å². The Balaban J connectivity index is 1.40. The van der Waals surface area contributed by atoms with Gasteiger partial charge in [0.15, 0.2) is 0 Å². The fraction of sp³-hybridized carbons (Fsp3) is 0.0714. The minimum atomic E-state index is -0.703. The van der Waals surface area contributed by atoms with E-state index >= 15 is 0 Å². The molecule has 0 aromatic heterocycles. The number of ether oxygens (including phenoxy) is 1. The van der Waals surface area contributed by atoms with Gasteiger partial charge < -0.3 is 9.64 Å². The van der Waals surface area contributed by atoms with Gasteiger partial charge in [-0.2, -0.15) is 10.2 Å². The predicted molar refractivity (Wildman–Crippen MR) is 129 cm³/mol. The molecule has 4 nitrogen and oxygen atoms in total. The fourth-order valence-electron chi connectivity index (χ4n) is 4.54. The van der Waals surface area contributed by atoms with Crippen molar-refractivity contribution >= 4 is 23.1 Å². The summed E-state index contributed by atoms with van der Waals surface area (Å²) in [5, 5.41) is 8.72. The molecule has 4 heteroatoms. The van der Waals surface area contributed by atoms with Gasteiger partial charge in [0.1, 0.15) is 5.75 Å². The van der Waals surface area contributed by atoms with Crippen LogP contribution in [-0.4, -0.2) is 7.05 Å². The SMILES string of the molecule is CN1c2ccccc2-c2ccccc2C12C=Cc1cc(N=Nc3ccccc3)ccc1O2. The molecule has 1 spiro atoms. The smallest absolute Gasteiger partial charge is 0.229 e. The van der Waals surface area contributed by atoms with Crippen LogP contribution in [0.15, 0.2) is 113 Å². The summed E-state index contributed by atoms with van der Waals surface area (Å²) < 4.78 is 6.74. The minimum absolute atomic E-state index is 0.703. The highest BCUT2D eigenvalue weighted by Crippen LogP contribution is 2.50. The van der Waals surface area contributed by atoms with Gasteiger partial charge in [-0.05, 0) is 54.1 Å². The second-order valence-corrected chi connectivity index (χ2v) is 8.01. The van der Waals surface area contributed by atoms with Crippen molar-refractivity contribution in [3.8, 4) is 16.9 Å². The fourth-order valence-corrected chi connectivity index (χ4v) is 4.54. The van der Waals surface area contributed by atoms with E-state index in [-0.39, 0.29) is 0 Å². The van der Waals surface area contributed by atoms with Gasteiger partial charge in [0, 0.05) is 29.4 Å². The number of anilines is 1. The summed E-state index contributed by atoms with van der Waals surface area (Å²) >= 11 is 0. The summed E-state index contributed by atoms with van der Waals surface area (Å²) in [6.07, 6.45) is 4.27. The lowest BCUT2D eigenvalue weighted by Gasteiger charge is -2.47. The number of likely N-dealkylation sites (N-methyl/N-ethyl adjacent to an activating group) is 1. The number of benzene rings is 4. The maximum Gasteiger partial charge on any atom is 0.229 e. The monoisotopic (exact) mass is 415 g/mol. The van der Waals surface area contributed by atoms with Crippen molar-refractivity contribution in [3.63, 3.8) is 0 Å². The summed E-state index contributed by atoms with van der Waals surface area (Å²) in [5.41, 5.74) is 6.60. The van der Waals surface area contributed by atoms with E-state index in [9.17, 15) is 0 Å². The first-order valence-electron chi connectivity index (χ1n) is 10.7. The second kappa shape index (κ2) is 7.20. The minimum Gasteiger partial charge on any atom is -0.459 e. The molecule has 0 fully saturated rings.